The molecule has 1 aliphatic rings. The third kappa shape index (κ3) is 3.28. The summed E-state index contributed by atoms with van der Waals surface area (Å²) in [6, 6.07) is 19.5. The van der Waals surface area contributed by atoms with Crippen LogP contribution in [-0.2, 0) is 6.54 Å². The lowest BCUT2D eigenvalue weighted by molar-refractivity contribution is 0.255. The van der Waals surface area contributed by atoms with Gasteiger partial charge in [0.05, 0.1) is 6.54 Å². The number of hydrogen-bond donors (Lipinski definition) is 3. The van der Waals surface area contributed by atoms with Crippen molar-refractivity contribution in [1.82, 2.24) is 15.4 Å². The third-order valence-electron chi connectivity index (χ3n) is 5.02. The van der Waals surface area contributed by atoms with E-state index in [2.05, 4.69) is 83.7 Å². The van der Waals surface area contributed by atoms with Crippen molar-refractivity contribution in [2.45, 2.75) is 12.2 Å². The largest absolute Gasteiger partial charge is 0.508 e. The highest BCUT2D eigenvalue weighted by atomic mass is 79.9. The molecule has 3 aromatic carbocycles. The molecule has 0 aliphatic carbocycles. The molecule has 0 saturated carbocycles. The first kappa shape index (κ1) is 18.0. The van der Waals surface area contributed by atoms with Crippen molar-refractivity contribution in [2.75, 3.05) is 6.61 Å². The van der Waals surface area contributed by atoms with Crippen molar-refractivity contribution >= 4 is 53.7 Å². The fraction of sp³-hybridized carbons (Fsp3) is 0.143. The van der Waals surface area contributed by atoms with Crippen LogP contribution in [0.1, 0.15) is 0 Å². The maximum Gasteiger partial charge on any atom is 0.147 e. The summed E-state index contributed by atoms with van der Waals surface area (Å²) in [6.07, 6.45) is 0. The van der Waals surface area contributed by atoms with Gasteiger partial charge in [-0.2, -0.15) is 0 Å². The van der Waals surface area contributed by atoms with E-state index in [1.807, 2.05) is 0 Å². The molecule has 3 N–H and O–H groups in total. The summed E-state index contributed by atoms with van der Waals surface area (Å²) in [5.41, 5.74) is 8.53. The topological polar surface area (TPSA) is 78.3 Å². The van der Waals surface area contributed by atoms with Crippen LogP contribution in [0.3, 0.4) is 0 Å². The minimum absolute atomic E-state index is 0.229. The quantitative estimate of drug-likeness (QED) is 0.339. The summed E-state index contributed by atoms with van der Waals surface area (Å²) < 4.78 is 10.4. The van der Waals surface area contributed by atoms with E-state index in [-0.39, 0.29) is 11.4 Å². The van der Waals surface area contributed by atoms with Gasteiger partial charge in [0.25, 0.3) is 0 Å². The summed E-state index contributed by atoms with van der Waals surface area (Å²) in [4.78, 5) is 0. The van der Waals surface area contributed by atoms with Crippen LogP contribution in [0.15, 0.2) is 69.6 Å². The zero-order valence-corrected chi connectivity index (χ0v) is 17.9. The fourth-order valence-electron chi connectivity index (χ4n) is 3.52. The Morgan fingerprint density at radius 3 is 1.96 bits per heavy atom. The predicted molar refractivity (Wildman–Crippen MR) is 117 cm³/mol. The smallest absolute Gasteiger partial charge is 0.147 e. The Morgan fingerprint density at radius 1 is 0.857 bits per heavy atom. The molecule has 0 unspecified atom stereocenters. The molecule has 0 radical (unpaired) electrons. The number of phenolic OH excluding ortho intramolecular Hbond substituents is 1. The minimum atomic E-state index is -0.336. The number of phenols is 1. The first-order valence-electron chi connectivity index (χ1n) is 8.86. The molecule has 1 aliphatic heterocycles. The molecule has 4 aromatic rings. The first-order valence-corrected chi connectivity index (χ1v) is 10.4. The standard InChI is InChI=1S/C21H17Br2N3O2/c22-13-1-7-19-17(9-13)18-10-14(23)2-8-20(18)26(19)11-21(24-25-21)12-28-16-5-3-15(27)4-6-16/h1-10,24-25,27H,11-12H2. The first-order chi connectivity index (χ1) is 13.5. The summed E-state index contributed by atoms with van der Waals surface area (Å²) in [5.74, 6) is 0.954. The van der Waals surface area contributed by atoms with Gasteiger partial charge in [0.15, 0.2) is 0 Å². The molecule has 1 aromatic heterocycles. The van der Waals surface area contributed by atoms with E-state index < -0.39 is 0 Å². The number of aromatic hydroxyl groups is 1. The van der Waals surface area contributed by atoms with Crippen LogP contribution in [0.25, 0.3) is 21.8 Å². The number of ether oxygens (including phenoxy) is 1. The number of rotatable bonds is 5. The Morgan fingerprint density at radius 2 is 1.43 bits per heavy atom. The van der Waals surface area contributed by atoms with Crippen LogP contribution in [0.4, 0.5) is 0 Å². The molecule has 5 rings (SSSR count). The van der Waals surface area contributed by atoms with Gasteiger partial charge < -0.3 is 14.4 Å². The monoisotopic (exact) mass is 501 g/mol. The van der Waals surface area contributed by atoms with Crippen LogP contribution < -0.4 is 15.6 Å². The highest BCUT2D eigenvalue weighted by Crippen LogP contribution is 2.34. The molecule has 0 amide bonds. The molecule has 5 nitrogen and oxygen atoms in total. The predicted octanol–water partition coefficient (Wildman–Crippen LogP) is 4.91. The number of aromatic nitrogens is 1. The summed E-state index contributed by atoms with van der Waals surface area (Å²) >= 11 is 7.18. The molecule has 1 saturated heterocycles. The van der Waals surface area contributed by atoms with Gasteiger partial charge in [-0.15, -0.1) is 0 Å². The number of hydrazine groups is 1. The summed E-state index contributed by atoms with van der Waals surface area (Å²) in [7, 11) is 0. The molecule has 142 valence electrons. The Kier molecular flexibility index (Phi) is 4.35. The number of nitrogens with one attached hydrogen (secondary N) is 2. The second kappa shape index (κ2) is 6.77. The second-order valence-electron chi connectivity index (χ2n) is 7.02. The van der Waals surface area contributed by atoms with Gasteiger partial charge in [-0.1, -0.05) is 31.9 Å². The molecule has 7 heteroatoms. The zero-order chi connectivity index (χ0) is 19.3. The Bertz CT molecular complexity index is 1120. The van der Waals surface area contributed by atoms with Gasteiger partial charge >= 0.3 is 0 Å². The number of fused-ring (bicyclic) bond motifs is 3. The summed E-state index contributed by atoms with van der Waals surface area (Å²) in [6.45, 7) is 1.18. The number of benzene rings is 3. The summed E-state index contributed by atoms with van der Waals surface area (Å²) in [5, 5.41) is 11.8. The number of halogens is 2. The second-order valence-corrected chi connectivity index (χ2v) is 8.86. The Labute approximate surface area is 178 Å². The van der Waals surface area contributed by atoms with Gasteiger partial charge in [-0.25, -0.2) is 10.9 Å². The van der Waals surface area contributed by atoms with E-state index in [0.717, 1.165) is 14.7 Å². The molecule has 0 bridgehead atoms. The van der Waals surface area contributed by atoms with Crippen LogP contribution in [0.5, 0.6) is 11.5 Å². The van der Waals surface area contributed by atoms with Crippen molar-refractivity contribution in [2.24, 2.45) is 0 Å². The van der Waals surface area contributed by atoms with Crippen molar-refractivity contribution in [3.8, 4) is 11.5 Å². The van der Waals surface area contributed by atoms with Crippen LogP contribution >= 0.6 is 31.9 Å². The van der Waals surface area contributed by atoms with E-state index >= 15 is 0 Å². The van der Waals surface area contributed by atoms with Crippen molar-refractivity contribution < 1.29 is 9.84 Å². The van der Waals surface area contributed by atoms with E-state index in [0.29, 0.717) is 13.2 Å². The van der Waals surface area contributed by atoms with Crippen molar-refractivity contribution in [3.05, 3.63) is 69.6 Å². The molecule has 0 atom stereocenters. The zero-order valence-electron chi connectivity index (χ0n) is 14.7. The van der Waals surface area contributed by atoms with Crippen molar-refractivity contribution in [3.63, 3.8) is 0 Å². The minimum Gasteiger partial charge on any atom is -0.508 e. The van der Waals surface area contributed by atoms with E-state index in [4.69, 9.17) is 4.74 Å². The van der Waals surface area contributed by atoms with Gasteiger partial charge in [-0.3, -0.25) is 0 Å². The van der Waals surface area contributed by atoms with Crippen LogP contribution in [0.2, 0.25) is 0 Å². The number of nitrogens with zero attached hydrogens (tertiary/aromatic N) is 1. The third-order valence-corrected chi connectivity index (χ3v) is 6.00. The lowest BCUT2D eigenvalue weighted by Crippen LogP contribution is -2.32. The van der Waals surface area contributed by atoms with Gasteiger partial charge in [0.1, 0.15) is 23.8 Å². The van der Waals surface area contributed by atoms with E-state index in [1.54, 1.807) is 24.3 Å². The average Bonchev–Trinajstić information content (AvgIpc) is 3.40. The van der Waals surface area contributed by atoms with Crippen molar-refractivity contribution in [1.29, 1.82) is 0 Å². The van der Waals surface area contributed by atoms with Crippen LogP contribution in [0, 0.1) is 0 Å². The molecule has 28 heavy (non-hydrogen) atoms. The van der Waals surface area contributed by atoms with E-state index in [1.165, 1.54) is 21.8 Å². The molecule has 0 spiro atoms. The maximum atomic E-state index is 9.42. The van der Waals surface area contributed by atoms with E-state index in [9.17, 15) is 5.11 Å². The SMILES string of the molecule is Oc1ccc(OCC2(Cn3c4ccc(Br)cc4c4cc(Br)ccc43)NN2)cc1. The molecule has 2 heterocycles. The van der Waals surface area contributed by atoms with Crippen LogP contribution in [-0.4, -0.2) is 21.9 Å². The number of hydrogen-bond acceptors (Lipinski definition) is 4. The molecule has 1 fully saturated rings. The molecular weight excluding hydrogens is 486 g/mol. The Hall–Kier alpha value is -2.06. The average molecular weight is 503 g/mol. The van der Waals surface area contributed by atoms with Gasteiger partial charge in [0, 0.05) is 30.8 Å². The van der Waals surface area contributed by atoms with Gasteiger partial charge in [0.2, 0.25) is 0 Å². The lowest BCUT2D eigenvalue weighted by atomic mass is 10.2. The normalized spacial score (nSPS) is 15.2. The van der Waals surface area contributed by atoms with Gasteiger partial charge in [-0.05, 0) is 60.7 Å². The molecular formula is C21H17Br2N3O2. The lowest BCUT2D eigenvalue weighted by Gasteiger charge is -2.16. The Balaban J connectivity index is 1.49. The fourth-order valence-corrected chi connectivity index (χ4v) is 4.25. The highest BCUT2D eigenvalue weighted by molar-refractivity contribution is 9.10. The highest BCUT2D eigenvalue weighted by Gasteiger charge is 2.44. The maximum absolute atomic E-state index is 9.42.